The normalized spacial score (nSPS) is 12.1. The minimum absolute atomic E-state index is 0.0811. The van der Waals surface area contributed by atoms with E-state index in [-0.39, 0.29) is 11.9 Å². The zero-order chi connectivity index (χ0) is 13.7. The van der Waals surface area contributed by atoms with Gasteiger partial charge in [-0.15, -0.1) is 21.5 Å². The Bertz CT molecular complexity index is 524. The van der Waals surface area contributed by atoms with E-state index >= 15 is 0 Å². The molecule has 0 bridgehead atoms. The number of hydrogen-bond donors (Lipinski definition) is 2. The zero-order valence-electron chi connectivity index (χ0n) is 10.8. The van der Waals surface area contributed by atoms with Crippen molar-refractivity contribution in [2.75, 3.05) is 11.9 Å². The van der Waals surface area contributed by atoms with Crippen molar-refractivity contribution in [2.24, 2.45) is 0 Å². The maximum absolute atomic E-state index is 12.0. The average molecular weight is 296 g/mol. The molecule has 0 radical (unpaired) electrons. The van der Waals surface area contributed by atoms with E-state index in [2.05, 4.69) is 26.9 Å². The standard InChI is InChI=1S/C12H16N4OS2/c1-3-13-12-16-15-11(19-12)10(17)14-8(2)7-9-5-4-6-18-9/h4-6,8H,3,7H2,1-2H3,(H,13,16)(H,14,17). The third kappa shape index (κ3) is 4.00. The summed E-state index contributed by atoms with van der Waals surface area (Å²) in [4.78, 5) is 13.2. The van der Waals surface area contributed by atoms with E-state index in [4.69, 9.17) is 0 Å². The number of nitrogens with one attached hydrogen (secondary N) is 2. The third-order valence-electron chi connectivity index (χ3n) is 2.41. The summed E-state index contributed by atoms with van der Waals surface area (Å²) >= 11 is 2.97. The van der Waals surface area contributed by atoms with Gasteiger partial charge in [0.05, 0.1) is 0 Å². The predicted molar refractivity (Wildman–Crippen MR) is 79.0 cm³/mol. The number of anilines is 1. The summed E-state index contributed by atoms with van der Waals surface area (Å²) in [5, 5.41) is 16.9. The Morgan fingerprint density at radius 1 is 1.47 bits per heavy atom. The van der Waals surface area contributed by atoms with Gasteiger partial charge in [-0.05, 0) is 25.3 Å². The molecule has 19 heavy (non-hydrogen) atoms. The van der Waals surface area contributed by atoms with E-state index in [1.54, 1.807) is 11.3 Å². The summed E-state index contributed by atoms with van der Waals surface area (Å²) in [6.45, 7) is 4.74. The number of aromatic nitrogens is 2. The lowest BCUT2D eigenvalue weighted by Crippen LogP contribution is -2.33. The fraction of sp³-hybridized carbons (Fsp3) is 0.417. The summed E-state index contributed by atoms with van der Waals surface area (Å²) < 4.78 is 0. The first-order chi connectivity index (χ1) is 9.19. The van der Waals surface area contributed by atoms with E-state index in [1.165, 1.54) is 16.2 Å². The monoisotopic (exact) mass is 296 g/mol. The fourth-order valence-electron chi connectivity index (χ4n) is 1.60. The van der Waals surface area contributed by atoms with Crippen molar-refractivity contribution in [3.63, 3.8) is 0 Å². The molecule has 0 saturated carbocycles. The van der Waals surface area contributed by atoms with Gasteiger partial charge in [0.1, 0.15) is 0 Å². The number of amides is 1. The van der Waals surface area contributed by atoms with Crippen molar-refractivity contribution >= 4 is 33.7 Å². The Labute approximate surface area is 120 Å². The largest absolute Gasteiger partial charge is 0.360 e. The van der Waals surface area contributed by atoms with Crippen molar-refractivity contribution in [3.8, 4) is 0 Å². The fourth-order valence-corrected chi connectivity index (χ4v) is 3.15. The van der Waals surface area contributed by atoms with E-state index in [0.29, 0.717) is 10.1 Å². The molecule has 7 heteroatoms. The molecule has 1 atom stereocenters. The molecule has 102 valence electrons. The van der Waals surface area contributed by atoms with Crippen molar-refractivity contribution in [1.82, 2.24) is 15.5 Å². The molecular weight excluding hydrogens is 280 g/mol. The first-order valence-electron chi connectivity index (χ1n) is 6.09. The number of rotatable bonds is 6. The number of nitrogens with zero attached hydrogens (tertiary/aromatic N) is 2. The summed E-state index contributed by atoms with van der Waals surface area (Å²) in [5.74, 6) is -0.161. The van der Waals surface area contributed by atoms with Gasteiger partial charge in [0.15, 0.2) is 0 Å². The summed E-state index contributed by atoms with van der Waals surface area (Å²) in [6.07, 6.45) is 0.836. The van der Waals surface area contributed by atoms with Crippen LogP contribution in [0.4, 0.5) is 5.13 Å². The Morgan fingerprint density at radius 3 is 3.00 bits per heavy atom. The Hall–Kier alpha value is -1.47. The van der Waals surface area contributed by atoms with E-state index < -0.39 is 0 Å². The molecule has 0 aliphatic rings. The van der Waals surface area contributed by atoms with Gasteiger partial charge in [-0.3, -0.25) is 4.79 Å². The molecule has 0 aromatic carbocycles. The number of hydrogen-bond acceptors (Lipinski definition) is 6. The molecule has 5 nitrogen and oxygen atoms in total. The average Bonchev–Trinajstić information content (AvgIpc) is 3.00. The minimum atomic E-state index is -0.161. The summed E-state index contributed by atoms with van der Waals surface area (Å²) in [6, 6.07) is 4.17. The van der Waals surface area contributed by atoms with Gasteiger partial charge in [-0.25, -0.2) is 0 Å². The maximum Gasteiger partial charge on any atom is 0.282 e. The first-order valence-corrected chi connectivity index (χ1v) is 7.79. The highest BCUT2D eigenvalue weighted by Crippen LogP contribution is 2.15. The zero-order valence-corrected chi connectivity index (χ0v) is 12.5. The topological polar surface area (TPSA) is 66.9 Å². The van der Waals surface area contributed by atoms with Crippen LogP contribution in [0.2, 0.25) is 0 Å². The van der Waals surface area contributed by atoms with Crippen LogP contribution in [0, 0.1) is 0 Å². The smallest absolute Gasteiger partial charge is 0.282 e. The first kappa shape index (κ1) is 14.0. The van der Waals surface area contributed by atoms with Crippen LogP contribution in [-0.4, -0.2) is 28.7 Å². The lowest BCUT2D eigenvalue weighted by atomic mass is 10.2. The van der Waals surface area contributed by atoms with Crippen LogP contribution in [0.3, 0.4) is 0 Å². The molecule has 0 saturated heterocycles. The molecule has 0 aliphatic carbocycles. The number of carbonyl (C=O) groups is 1. The van der Waals surface area contributed by atoms with Crippen molar-refractivity contribution in [1.29, 1.82) is 0 Å². The van der Waals surface area contributed by atoms with Gasteiger partial charge < -0.3 is 10.6 Å². The highest BCUT2D eigenvalue weighted by molar-refractivity contribution is 7.17. The highest BCUT2D eigenvalue weighted by atomic mass is 32.1. The number of thiophene rings is 1. The Kier molecular flexibility index (Phi) is 4.86. The molecule has 2 aromatic heterocycles. The van der Waals surface area contributed by atoms with Gasteiger partial charge >= 0.3 is 0 Å². The van der Waals surface area contributed by atoms with Crippen LogP contribution in [0.15, 0.2) is 17.5 Å². The molecule has 1 unspecified atom stereocenters. The van der Waals surface area contributed by atoms with E-state index in [1.807, 2.05) is 25.3 Å². The van der Waals surface area contributed by atoms with Gasteiger partial charge in [0.2, 0.25) is 10.1 Å². The van der Waals surface area contributed by atoms with Crippen LogP contribution in [-0.2, 0) is 6.42 Å². The Morgan fingerprint density at radius 2 is 2.32 bits per heavy atom. The van der Waals surface area contributed by atoms with Gasteiger partial charge in [0.25, 0.3) is 5.91 Å². The maximum atomic E-state index is 12.0. The molecular formula is C12H16N4OS2. The molecule has 2 rings (SSSR count). The number of carbonyl (C=O) groups excluding carboxylic acids is 1. The summed E-state index contributed by atoms with van der Waals surface area (Å²) in [5.41, 5.74) is 0. The molecule has 0 fully saturated rings. The van der Waals surface area contributed by atoms with Crippen LogP contribution in [0.25, 0.3) is 0 Å². The molecule has 0 aliphatic heterocycles. The summed E-state index contributed by atoms with van der Waals surface area (Å²) in [7, 11) is 0. The molecule has 2 heterocycles. The van der Waals surface area contributed by atoms with Gasteiger partial charge in [-0.1, -0.05) is 17.4 Å². The molecule has 1 amide bonds. The lowest BCUT2D eigenvalue weighted by molar-refractivity contribution is 0.0939. The lowest BCUT2D eigenvalue weighted by Gasteiger charge is -2.11. The second-order valence-electron chi connectivity index (χ2n) is 4.10. The predicted octanol–water partition coefficient (Wildman–Crippen LogP) is 2.39. The van der Waals surface area contributed by atoms with Crippen LogP contribution < -0.4 is 10.6 Å². The molecule has 2 N–H and O–H groups in total. The van der Waals surface area contributed by atoms with Crippen molar-refractivity contribution < 1.29 is 4.79 Å². The van der Waals surface area contributed by atoms with Crippen LogP contribution in [0.5, 0.6) is 0 Å². The van der Waals surface area contributed by atoms with Crippen LogP contribution in [0.1, 0.15) is 28.5 Å². The van der Waals surface area contributed by atoms with Crippen molar-refractivity contribution in [2.45, 2.75) is 26.3 Å². The van der Waals surface area contributed by atoms with Gasteiger partial charge in [-0.2, -0.15) is 0 Å². The van der Waals surface area contributed by atoms with E-state index in [9.17, 15) is 4.79 Å². The second-order valence-corrected chi connectivity index (χ2v) is 6.11. The second kappa shape index (κ2) is 6.63. The van der Waals surface area contributed by atoms with Crippen molar-refractivity contribution in [3.05, 3.63) is 27.4 Å². The third-order valence-corrected chi connectivity index (χ3v) is 4.19. The quantitative estimate of drug-likeness (QED) is 0.859. The molecule has 0 spiro atoms. The Balaban J connectivity index is 1.88. The van der Waals surface area contributed by atoms with Crippen LogP contribution >= 0.6 is 22.7 Å². The van der Waals surface area contributed by atoms with E-state index in [0.717, 1.165) is 13.0 Å². The molecule has 2 aromatic rings. The SMILES string of the molecule is CCNc1nnc(C(=O)NC(C)Cc2cccs2)s1. The van der Waals surface area contributed by atoms with Gasteiger partial charge in [0, 0.05) is 23.9 Å². The highest BCUT2D eigenvalue weighted by Gasteiger charge is 2.15. The minimum Gasteiger partial charge on any atom is -0.360 e.